The third-order valence-corrected chi connectivity index (χ3v) is 2.14. The first-order valence-electron chi connectivity index (χ1n) is 7.74. The van der Waals surface area contributed by atoms with Crippen LogP contribution in [0.4, 0.5) is 0 Å². The van der Waals surface area contributed by atoms with Crippen LogP contribution in [-0.4, -0.2) is 31.5 Å². The van der Waals surface area contributed by atoms with Crippen LogP contribution in [0.15, 0.2) is 30.3 Å². The van der Waals surface area contributed by atoms with Gasteiger partial charge in [-0.05, 0) is 23.8 Å². The van der Waals surface area contributed by atoms with E-state index in [1.807, 2.05) is 18.2 Å². The molecule has 0 heterocycles. The van der Waals surface area contributed by atoms with Crippen LogP contribution < -0.4 is 0 Å². The molecule has 0 atom stereocenters. The number of ether oxygens (including phenoxy) is 2. The standard InChI is InChI=1S/C13H20O3.C5H12/c14-8-4-9-15-10-5-11-16-12-13-6-2-1-3-7-13;1-5(2,3)4/h1-3,6-7,14H,4-5,8-12H2;1-4H3. The van der Waals surface area contributed by atoms with E-state index >= 15 is 0 Å². The Labute approximate surface area is 130 Å². The van der Waals surface area contributed by atoms with Gasteiger partial charge in [-0.3, -0.25) is 0 Å². The van der Waals surface area contributed by atoms with Crippen LogP contribution in [0.25, 0.3) is 0 Å². The molecule has 3 nitrogen and oxygen atoms in total. The molecule has 0 aliphatic carbocycles. The van der Waals surface area contributed by atoms with Crippen molar-refractivity contribution < 1.29 is 14.6 Å². The maximum atomic E-state index is 8.53. The Morgan fingerprint density at radius 3 is 1.95 bits per heavy atom. The molecule has 0 aliphatic heterocycles. The van der Waals surface area contributed by atoms with Crippen molar-refractivity contribution >= 4 is 0 Å². The second-order valence-corrected chi connectivity index (χ2v) is 6.58. The van der Waals surface area contributed by atoms with Gasteiger partial charge in [-0.2, -0.15) is 0 Å². The van der Waals surface area contributed by atoms with Crippen LogP contribution in [-0.2, 0) is 16.1 Å². The molecule has 3 heteroatoms. The van der Waals surface area contributed by atoms with Crippen LogP contribution in [0.1, 0.15) is 46.1 Å². The number of benzene rings is 1. The van der Waals surface area contributed by atoms with Gasteiger partial charge in [-0.15, -0.1) is 0 Å². The summed E-state index contributed by atoms with van der Waals surface area (Å²) in [6.07, 6.45) is 1.61. The normalized spacial score (nSPS) is 10.9. The van der Waals surface area contributed by atoms with Gasteiger partial charge >= 0.3 is 0 Å². The summed E-state index contributed by atoms with van der Waals surface area (Å²) in [6, 6.07) is 10.1. The van der Waals surface area contributed by atoms with Crippen molar-refractivity contribution in [3.63, 3.8) is 0 Å². The number of hydrogen-bond acceptors (Lipinski definition) is 3. The molecule has 0 saturated heterocycles. The zero-order valence-electron chi connectivity index (χ0n) is 14.1. The largest absolute Gasteiger partial charge is 0.396 e. The zero-order chi connectivity index (χ0) is 16.0. The second-order valence-electron chi connectivity index (χ2n) is 6.58. The lowest BCUT2D eigenvalue weighted by Gasteiger charge is -2.05. The molecule has 1 rings (SSSR count). The number of aliphatic hydroxyl groups excluding tert-OH is 1. The van der Waals surface area contributed by atoms with E-state index in [1.165, 1.54) is 5.56 Å². The lowest BCUT2D eigenvalue weighted by atomic mass is 10.0. The van der Waals surface area contributed by atoms with Crippen molar-refractivity contribution in [3.05, 3.63) is 35.9 Å². The van der Waals surface area contributed by atoms with Crippen LogP contribution >= 0.6 is 0 Å². The summed E-state index contributed by atoms with van der Waals surface area (Å²) in [5, 5.41) is 8.53. The minimum atomic E-state index is 0.199. The predicted octanol–water partition coefficient (Wildman–Crippen LogP) is 4.04. The monoisotopic (exact) mass is 296 g/mol. The van der Waals surface area contributed by atoms with E-state index in [4.69, 9.17) is 14.6 Å². The molecule has 1 N–H and O–H groups in total. The van der Waals surface area contributed by atoms with Gasteiger partial charge in [-0.25, -0.2) is 0 Å². The van der Waals surface area contributed by atoms with Crippen LogP contribution in [0.5, 0.6) is 0 Å². The molecule has 0 bridgehead atoms. The number of rotatable bonds is 9. The molecule has 0 amide bonds. The molecule has 0 fully saturated rings. The van der Waals surface area contributed by atoms with E-state index < -0.39 is 0 Å². The van der Waals surface area contributed by atoms with Crippen molar-refractivity contribution in [2.45, 2.75) is 47.1 Å². The van der Waals surface area contributed by atoms with Gasteiger partial charge in [0.25, 0.3) is 0 Å². The maximum absolute atomic E-state index is 8.53. The predicted molar refractivity (Wildman–Crippen MR) is 88.4 cm³/mol. The minimum absolute atomic E-state index is 0.199. The van der Waals surface area contributed by atoms with E-state index in [1.54, 1.807) is 0 Å². The molecule has 122 valence electrons. The average Bonchev–Trinajstić information content (AvgIpc) is 2.41. The Balaban J connectivity index is 0.000000690. The first-order valence-corrected chi connectivity index (χ1v) is 7.74. The Morgan fingerprint density at radius 1 is 0.857 bits per heavy atom. The summed E-state index contributed by atoms with van der Waals surface area (Å²) in [6.45, 7) is 11.7. The van der Waals surface area contributed by atoms with Crippen molar-refractivity contribution in [1.29, 1.82) is 0 Å². The van der Waals surface area contributed by atoms with E-state index in [9.17, 15) is 0 Å². The molecular formula is C18H32O3. The number of hydrogen-bond donors (Lipinski definition) is 1. The van der Waals surface area contributed by atoms with Gasteiger partial charge < -0.3 is 14.6 Å². The van der Waals surface area contributed by atoms with Gasteiger partial charge in [0.15, 0.2) is 0 Å². The maximum Gasteiger partial charge on any atom is 0.0716 e. The van der Waals surface area contributed by atoms with Gasteiger partial charge in [0.05, 0.1) is 6.61 Å². The van der Waals surface area contributed by atoms with Crippen LogP contribution in [0, 0.1) is 5.41 Å². The quantitative estimate of drug-likeness (QED) is 0.699. The highest BCUT2D eigenvalue weighted by atomic mass is 16.5. The molecule has 0 aromatic heterocycles. The molecule has 0 unspecified atom stereocenters. The first-order chi connectivity index (χ1) is 9.93. The Hall–Kier alpha value is -0.900. The fourth-order valence-electron chi connectivity index (χ4n) is 1.30. The SMILES string of the molecule is CC(C)(C)C.OCCCOCCCOCc1ccccc1. The third kappa shape index (κ3) is 19.1. The molecule has 0 aliphatic rings. The van der Waals surface area contributed by atoms with Gasteiger partial charge in [-0.1, -0.05) is 58.0 Å². The summed E-state index contributed by atoms with van der Waals surface area (Å²) < 4.78 is 10.8. The van der Waals surface area contributed by atoms with Gasteiger partial charge in [0, 0.05) is 26.4 Å². The van der Waals surface area contributed by atoms with E-state index in [2.05, 4.69) is 39.8 Å². The van der Waals surface area contributed by atoms with Gasteiger partial charge in [0.2, 0.25) is 0 Å². The van der Waals surface area contributed by atoms with Gasteiger partial charge in [0.1, 0.15) is 0 Å². The summed E-state index contributed by atoms with van der Waals surface area (Å²) in [5.41, 5.74) is 1.70. The molecule has 1 aromatic rings. The van der Waals surface area contributed by atoms with Crippen LogP contribution in [0.3, 0.4) is 0 Å². The first kappa shape index (κ1) is 20.1. The Morgan fingerprint density at radius 2 is 1.38 bits per heavy atom. The summed E-state index contributed by atoms with van der Waals surface area (Å²) in [7, 11) is 0. The molecule has 1 aromatic carbocycles. The molecule has 21 heavy (non-hydrogen) atoms. The fourth-order valence-corrected chi connectivity index (χ4v) is 1.30. The Kier molecular flexibility index (Phi) is 12.3. The number of aliphatic hydroxyl groups is 1. The topological polar surface area (TPSA) is 38.7 Å². The third-order valence-electron chi connectivity index (χ3n) is 2.14. The van der Waals surface area contributed by atoms with E-state index in [0.717, 1.165) is 6.42 Å². The van der Waals surface area contributed by atoms with Crippen LogP contribution in [0.2, 0.25) is 0 Å². The van der Waals surface area contributed by atoms with Crippen molar-refractivity contribution in [2.24, 2.45) is 5.41 Å². The highest BCUT2D eigenvalue weighted by molar-refractivity contribution is 5.13. The highest BCUT2D eigenvalue weighted by Gasteiger charge is 1.95. The van der Waals surface area contributed by atoms with E-state index in [0.29, 0.717) is 38.3 Å². The van der Waals surface area contributed by atoms with Crippen molar-refractivity contribution in [3.8, 4) is 0 Å². The summed E-state index contributed by atoms with van der Waals surface area (Å²) >= 11 is 0. The molecule has 0 radical (unpaired) electrons. The summed E-state index contributed by atoms with van der Waals surface area (Å²) in [5.74, 6) is 0. The molecule has 0 saturated carbocycles. The smallest absolute Gasteiger partial charge is 0.0716 e. The zero-order valence-corrected chi connectivity index (χ0v) is 14.1. The fraction of sp³-hybridized carbons (Fsp3) is 0.667. The summed E-state index contributed by atoms with van der Waals surface area (Å²) in [4.78, 5) is 0. The second kappa shape index (κ2) is 12.8. The molecule has 0 spiro atoms. The van der Waals surface area contributed by atoms with Crippen molar-refractivity contribution in [1.82, 2.24) is 0 Å². The lowest BCUT2D eigenvalue weighted by Crippen LogP contribution is -2.03. The minimum Gasteiger partial charge on any atom is -0.396 e. The molecular weight excluding hydrogens is 264 g/mol. The van der Waals surface area contributed by atoms with Crippen molar-refractivity contribution in [2.75, 3.05) is 26.4 Å². The Bertz CT molecular complexity index is 311. The van der Waals surface area contributed by atoms with E-state index in [-0.39, 0.29) is 6.61 Å². The average molecular weight is 296 g/mol. The highest BCUT2D eigenvalue weighted by Crippen LogP contribution is 2.08. The lowest BCUT2D eigenvalue weighted by molar-refractivity contribution is 0.0702.